The summed E-state index contributed by atoms with van der Waals surface area (Å²) in [5.74, 6) is 0.644. The highest BCUT2D eigenvalue weighted by Gasteiger charge is 2.22. The normalized spacial score (nSPS) is 20.4. The maximum atomic E-state index is 11.9. The van der Waals surface area contributed by atoms with Crippen molar-refractivity contribution in [3.05, 3.63) is 24.3 Å². The molecule has 1 aromatic rings. The predicted octanol–water partition coefficient (Wildman–Crippen LogP) is 1.48. The number of carbonyl (C=O) groups excluding carboxylic acids is 2. The first kappa shape index (κ1) is 18.5. The molecule has 1 atom stereocenters. The van der Waals surface area contributed by atoms with Crippen molar-refractivity contribution in [2.75, 3.05) is 31.1 Å². The number of rotatable bonds is 5. The summed E-state index contributed by atoms with van der Waals surface area (Å²) < 4.78 is 5.57. The summed E-state index contributed by atoms with van der Waals surface area (Å²) in [6.07, 6.45) is 3.58. The lowest BCUT2D eigenvalue weighted by Gasteiger charge is -2.23. The first-order chi connectivity index (χ1) is 11.2. The molecule has 2 fully saturated rings. The van der Waals surface area contributed by atoms with Crippen LogP contribution in [-0.2, 0) is 9.59 Å². The highest BCUT2D eigenvalue weighted by atomic mass is 35.5. The number of halogens is 1. The zero-order valence-corrected chi connectivity index (χ0v) is 14.4. The predicted molar refractivity (Wildman–Crippen MR) is 94.8 cm³/mol. The molecule has 2 aliphatic heterocycles. The van der Waals surface area contributed by atoms with E-state index in [0.717, 1.165) is 44.6 Å². The van der Waals surface area contributed by atoms with E-state index in [4.69, 9.17) is 4.74 Å². The van der Waals surface area contributed by atoms with E-state index >= 15 is 0 Å². The van der Waals surface area contributed by atoms with Crippen LogP contribution < -0.4 is 20.3 Å². The quantitative estimate of drug-likeness (QED) is 0.841. The van der Waals surface area contributed by atoms with Gasteiger partial charge in [-0.15, -0.1) is 12.4 Å². The maximum Gasteiger partial charge on any atom is 0.258 e. The summed E-state index contributed by atoms with van der Waals surface area (Å²) >= 11 is 0. The summed E-state index contributed by atoms with van der Waals surface area (Å²) in [5, 5.41) is 6.24. The van der Waals surface area contributed by atoms with Gasteiger partial charge >= 0.3 is 0 Å². The summed E-state index contributed by atoms with van der Waals surface area (Å²) in [7, 11) is 0. The molecule has 6 nitrogen and oxygen atoms in total. The first-order valence-corrected chi connectivity index (χ1v) is 8.26. The molecule has 2 saturated heterocycles. The van der Waals surface area contributed by atoms with Crippen molar-refractivity contribution in [1.82, 2.24) is 10.6 Å². The molecule has 0 radical (unpaired) electrons. The van der Waals surface area contributed by atoms with Gasteiger partial charge < -0.3 is 20.3 Å². The second-order valence-electron chi connectivity index (χ2n) is 6.05. The Bertz CT molecular complexity index is 576. The van der Waals surface area contributed by atoms with Gasteiger partial charge in [0.1, 0.15) is 5.75 Å². The highest BCUT2D eigenvalue weighted by molar-refractivity contribution is 5.95. The number of piperidine rings is 1. The first-order valence-electron chi connectivity index (χ1n) is 8.26. The van der Waals surface area contributed by atoms with Gasteiger partial charge in [-0.1, -0.05) is 6.07 Å². The molecule has 1 aromatic carbocycles. The van der Waals surface area contributed by atoms with Crippen LogP contribution >= 0.6 is 12.4 Å². The van der Waals surface area contributed by atoms with E-state index in [1.54, 1.807) is 11.0 Å². The van der Waals surface area contributed by atoms with Crippen LogP contribution in [0, 0.1) is 0 Å². The average Bonchev–Trinajstić information content (AvgIpc) is 3.00. The topological polar surface area (TPSA) is 70.7 Å². The van der Waals surface area contributed by atoms with Crippen molar-refractivity contribution in [3.8, 4) is 5.75 Å². The molecule has 3 rings (SSSR count). The Hall–Kier alpha value is -1.79. The minimum absolute atomic E-state index is 0. The molecule has 0 bridgehead atoms. The third kappa shape index (κ3) is 4.85. The third-order valence-electron chi connectivity index (χ3n) is 4.23. The second kappa shape index (κ2) is 8.89. The van der Waals surface area contributed by atoms with Gasteiger partial charge in [-0.25, -0.2) is 0 Å². The highest BCUT2D eigenvalue weighted by Crippen LogP contribution is 2.25. The van der Waals surface area contributed by atoms with Gasteiger partial charge in [0.05, 0.1) is 0 Å². The lowest BCUT2D eigenvalue weighted by molar-refractivity contribution is -0.124. The standard InChI is InChI=1S/C17H23N3O3.ClH/c21-16(19-13-4-2-8-18-11-13)12-23-15-6-1-5-14(10-15)20-9-3-7-17(20)22;/h1,5-6,10,13,18H,2-4,7-9,11-12H2,(H,19,21);1H/t13-;/m0./s1. The molecule has 2 N–H and O–H groups in total. The van der Waals surface area contributed by atoms with E-state index in [1.165, 1.54) is 0 Å². The minimum Gasteiger partial charge on any atom is -0.484 e. The molecular formula is C17H24ClN3O3. The Labute approximate surface area is 148 Å². The Balaban J connectivity index is 0.00000208. The monoisotopic (exact) mass is 353 g/mol. The zero-order valence-electron chi connectivity index (χ0n) is 13.6. The van der Waals surface area contributed by atoms with E-state index < -0.39 is 0 Å². The fraction of sp³-hybridized carbons (Fsp3) is 0.529. The van der Waals surface area contributed by atoms with Gasteiger partial charge in [-0.05, 0) is 37.9 Å². The Morgan fingerprint density at radius 2 is 2.25 bits per heavy atom. The SMILES string of the molecule is Cl.O=C(COc1cccc(N2CCCC2=O)c1)N[C@H]1CCCNC1. The van der Waals surface area contributed by atoms with E-state index in [0.29, 0.717) is 12.2 Å². The molecule has 2 amide bonds. The largest absolute Gasteiger partial charge is 0.484 e. The molecule has 0 spiro atoms. The fourth-order valence-electron chi connectivity index (χ4n) is 3.06. The van der Waals surface area contributed by atoms with E-state index in [1.807, 2.05) is 18.2 Å². The number of benzene rings is 1. The minimum atomic E-state index is -0.110. The summed E-state index contributed by atoms with van der Waals surface area (Å²) in [4.78, 5) is 25.5. The van der Waals surface area contributed by atoms with Crippen molar-refractivity contribution in [3.63, 3.8) is 0 Å². The van der Waals surface area contributed by atoms with Gasteiger partial charge in [-0.2, -0.15) is 0 Å². The van der Waals surface area contributed by atoms with Crippen molar-refractivity contribution in [2.45, 2.75) is 31.7 Å². The van der Waals surface area contributed by atoms with Crippen LogP contribution in [0.25, 0.3) is 0 Å². The number of nitrogens with one attached hydrogen (secondary N) is 2. The van der Waals surface area contributed by atoms with Crippen LogP contribution in [0.15, 0.2) is 24.3 Å². The van der Waals surface area contributed by atoms with Crippen LogP contribution in [0.3, 0.4) is 0 Å². The van der Waals surface area contributed by atoms with Gasteiger partial charge in [-0.3, -0.25) is 9.59 Å². The number of hydrogen-bond acceptors (Lipinski definition) is 4. The lowest BCUT2D eigenvalue weighted by atomic mass is 10.1. The van der Waals surface area contributed by atoms with Crippen LogP contribution in [0.5, 0.6) is 5.75 Å². The molecule has 7 heteroatoms. The van der Waals surface area contributed by atoms with E-state index in [-0.39, 0.29) is 36.9 Å². The van der Waals surface area contributed by atoms with Crippen LogP contribution in [0.1, 0.15) is 25.7 Å². The van der Waals surface area contributed by atoms with Crippen molar-refractivity contribution >= 4 is 29.9 Å². The number of amides is 2. The molecule has 0 unspecified atom stereocenters. The molecule has 24 heavy (non-hydrogen) atoms. The average molecular weight is 354 g/mol. The molecule has 0 saturated carbocycles. The molecule has 0 aromatic heterocycles. The van der Waals surface area contributed by atoms with Crippen LogP contribution in [0.2, 0.25) is 0 Å². The number of carbonyl (C=O) groups is 2. The molecular weight excluding hydrogens is 330 g/mol. The van der Waals surface area contributed by atoms with E-state index in [9.17, 15) is 9.59 Å². The van der Waals surface area contributed by atoms with Gasteiger partial charge in [0.25, 0.3) is 5.91 Å². The van der Waals surface area contributed by atoms with Gasteiger partial charge in [0.15, 0.2) is 6.61 Å². The molecule has 2 aliphatic rings. The molecule has 2 heterocycles. The Kier molecular flexibility index (Phi) is 6.87. The number of anilines is 1. The van der Waals surface area contributed by atoms with Gasteiger partial charge in [0, 0.05) is 37.3 Å². The van der Waals surface area contributed by atoms with Crippen molar-refractivity contribution in [1.29, 1.82) is 0 Å². The van der Waals surface area contributed by atoms with Crippen LogP contribution in [-0.4, -0.2) is 44.1 Å². The molecule has 0 aliphatic carbocycles. The Morgan fingerprint density at radius 1 is 1.38 bits per heavy atom. The lowest BCUT2D eigenvalue weighted by Crippen LogP contribution is -2.46. The Morgan fingerprint density at radius 3 is 2.96 bits per heavy atom. The second-order valence-corrected chi connectivity index (χ2v) is 6.05. The van der Waals surface area contributed by atoms with E-state index in [2.05, 4.69) is 10.6 Å². The summed E-state index contributed by atoms with van der Waals surface area (Å²) in [5.41, 5.74) is 0.835. The summed E-state index contributed by atoms with van der Waals surface area (Å²) in [6, 6.07) is 7.55. The maximum absolute atomic E-state index is 11.9. The smallest absolute Gasteiger partial charge is 0.258 e. The van der Waals surface area contributed by atoms with Gasteiger partial charge in [0.2, 0.25) is 5.91 Å². The van der Waals surface area contributed by atoms with Crippen molar-refractivity contribution < 1.29 is 14.3 Å². The fourth-order valence-corrected chi connectivity index (χ4v) is 3.06. The van der Waals surface area contributed by atoms with Crippen LogP contribution in [0.4, 0.5) is 5.69 Å². The molecule has 132 valence electrons. The zero-order chi connectivity index (χ0) is 16.1. The number of ether oxygens (including phenoxy) is 1. The number of nitrogens with zero attached hydrogens (tertiary/aromatic N) is 1. The number of hydrogen-bond donors (Lipinski definition) is 2. The van der Waals surface area contributed by atoms with Crippen molar-refractivity contribution in [2.24, 2.45) is 0 Å². The summed E-state index contributed by atoms with van der Waals surface area (Å²) in [6.45, 7) is 2.58. The third-order valence-corrected chi connectivity index (χ3v) is 4.23.